The van der Waals surface area contributed by atoms with Crippen LogP contribution in [-0.2, 0) is 11.2 Å². The maximum absolute atomic E-state index is 12.6. The van der Waals surface area contributed by atoms with Crippen LogP contribution in [0, 0.1) is 5.92 Å². The molecule has 5 nitrogen and oxygen atoms in total. The minimum Gasteiger partial charge on any atom is -0.355 e. The number of rotatable bonds is 6. The van der Waals surface area contributed by atoms with E-state index in [-0.39, 0.29) is 17.7 Å². The topological polar surface area (TPSA) is 62.3 Å². The van der Waals surface area contributed by atoms with Crippen LogP contribution in [0.1, 0.15) is 53.0 Å². The lowest BCUT2D eigenvalue weighted by Gasteiger charge is -2.31. The van der Waals surface area contributed by atoms with E-state index in [1.165, 1.54) is 11.3 Å². The predicted octanol–water partition coefficient (Wildman–Crippen LogP) is 3.54. The maximum Gasteiger partial charge on any atom is 0.263 e. The number of carbonyl (C=O) groups excluding carboxylic acids is 2. The number of thiophene rings is 1. The van der Waals surface area contributed by atoms with E-state index in [0.717, 1.165) is 47.9 Å². The summed E-state index contributed by atoms with van der Waals surface area (Å²) in [6.45, 7) is 5.97. The zero-order valence-electron chi connectivity index (χ0n) is 15.2. The number of carbonyl (C=O) groups is 2. The summed E-state index contributed by atoms with van der Waals surface area (Å²) in [7, 11) is 0. The Morgan fingerprint density at radius 2 is 2.23 bits per heavy atom. The van der Waals surface area contributed by atoms with Gasteiger partial charge in [-0.25, -0.2) is 4.98 Å². The molecule has 3 heterocycles. The highest BCUT2D eigenvalue weighted by molar-refractivity contribution is 7.12. The molecule has 7 heteroatoms. The first kappa shape index (κ1) is 19.0. The second kappa shape index (κ2) is 8.77. The molecular formula is C19H25N3O2S2. The van der Waals surface area contributed by atoms with Crippen LogP contribution in [0.5, 0.6) is 0 Å². The molecule has 1 aliphatic rings. The van der Waals surface area contributed by atoms with Crippen molar-refractivity contribution in [2.24, 2.45) is 5.92 Å². The molecule has 26 heavy (non-hydrogen) atoms. The van der Waals surface area contributed by atoms with Crippen LogP contribution < -0.4 is 5.32 Å². The minimum absolute atomic E-state index is 0.00935. The van der Waals surface area contributed by atoms with Crippen molar-refractivity contribution in [2.75, 3.05) is 19.6 Å². The average molecular weight is 392 g/mol. The molecule has 0 bridgehead atoms. The van der Waals surface area contributed by atoms with E-state index in [4.69, 9.17) is 4.98 Å². The molecule has 1 fully saturated rings. The lowest BCUT2D eigenvalue weighted by Crippen LogP contribution is -2.38. The Hall–Kier alpha value is -1.73. The van der Waals surface area contributed by atoms with Crippen molar-refractivity contribution in [1.29, 1.82) is 0 Å². The number of nitrogens with zero attached hydrogens (tertiary/aromatic N) is 2. The molecule has 0 radical (unpaired) electrons. The molecule has 140 valence electrons. The summed E-state index contributed by atoms with van der Waals surface area (Å²) >= 11 is 3.17. The minimum atomic E-state index is 0.00935. The Balaban J connectivity index is 1.55. The SMILES string of the molecule is CC(C)C(=O)NCCc1csc([C@H]2CCCN(C(=O)c3cccs3)C2)n1. The third kappa shape index (κ3) is 4.71. The number of amides is 2. The van der Waals surface area contributed by atoms with Gasteiger partial charge in [-0.2, -0.15) is 0 Å². The average Bonchev–Trinajstić information content (AvgIpc) is 3.33. The van der Waals surface area contributed by atoms with Crippen LogP contribution >= 0.6 is 22.7 Å². The molecule has 1 atom stereocenters. The van der Waals surface area contributed by atoms with E-state index in [1.54, 1.807) is 11.3 Å². The number of piperidine rings is 1. The van der Waals surface area contributed by atoms with Crippen LogP contribution in [0.2, 0.25) is 0 Å². The van der Waals surface area contributed by atoms with Crippen LogP contribution in [-0.4, -0.2) is 41.3 Å². The van der Waals surface area contributed by atoms with Crippen molar-refractivity contribution in [3.05, 3.63) is 38.5 Å². The first-order chi connectivity index (χ1) is 12.5. The number of likely N-dealkylation sites (tertiary alicyclic amines) is 1. The number of thiazole rings is 1. The Kier molecular flexibility index (Phi) is 6.43. The van der Waals surface area contributed by atoms with Gasteiger partial charge in [0.2, 0.25) is 5.91 Å². The van der Waals surface area contributed by atoms with Gasteiger partial charge in [-0.15, -0.1) is 22.7 Å². The van der Waals surface area contributed by atoms with E-state index >= 15 is 0 Å². The molecule has 1 N–H and O–H groups in total. The molecule has 0 spiro atoms. The highest BCUT2D eigenvalue weighted by Crippen LogP contribution is 2.30. The van der Waals surface area contributed by atoms with E-state index in [9.17, 15) is 9.59 Å². The lowest BCUT2D eigenvalue weighted by molar-refractivity contribution is -0.123. The summed E-state index contributed by atoms with van der Waals surface area (Å²) < 4.78 is 0. The molecule has 2 aromatic heterocycles. The standard InChI is InChI=1S/C19H25N3O2S2/c1-13(2)17(23)20-8-7-15-12-26-18(21-15)14-5-3-9-22(11-14)19(24)16-6-4-10-25-16/h4,6,10,12-14H,3,5,7-9,11H2,1-2H3,(H,20,23)/t14-/m0/s1. The van der Waals surface area contributed by atoms with Gasteiger partial charge in [-0.3, -0.25) is 9.59 Å². The summed E-state index contributed by atoms with van der Waals surface area (Å²) in [6, 6.07) is 3.81. The van der Waals surface area contributed by atoms with Crippen molar-refractivity contribution in [2.45, 2.75) is 39.0 Å². The van der Waals surface area contributed by atoms with E-state index in [0.29, 0.717) is 12.5 Å². The van der Waals surface area contributed by atoms with Crippen molar-refractivity contribution >= 4 is 34.5 Å². The number of nitrogens with one attached hydrogen (secondary N) is 1. The fourth-order valence-electron chi connectivity index (χ4n) is 3.06. The second-order valence-electron chi connectivity index (χ2n) is 6.94. The number of hydrogen-bond acceptors (Lipinski definition) is 5. The van der Waals surface area contributed by atoms with Crippen LogP contribution in [0.3, 0.4) is 0 Å². The van der Waals surface area contributed by atoms with Gasteiger partial charge in [0.1, 0.15) is 0 Å². The maximum atomic E-state index is 12.6. The zero-order chi connectivity index (χ0) is 18.5. The molecule has 2 amide bonds. The number of aromatic nitrogens is 1. The van der Waals surface area contributed by atoms with Gasteiger partial charge in [0.15, 0.2) is 0 Å². The predicted molar refractivity (Wildman–Crippen MR) is 106 cm³/mol. The van der Waals surface area contributed by atoms with E-state index in [2.05, 4.69) is 10.7 Å². The highest BCUT2D eigenvalue weighted by Gasteiger charge is 2.27. The van der Waals surface area contributed by atoms with Crippen molar-refractivity contribution in [1.82, 2.24) is 15.2 Å². The Bertz CT molecular complexity index is 740. The number of hydrogen-bond donors (Lipinski definition) is 1. The monoisotopic (exact) mass is 391 g/mol. The van der Waals surface area contributed by atoms with Crippen molar-refractivity contribution in [3.63, 3.8) is 0 Å². The Morgan fingerprint density at radius 3 is 2.96 bits per heavy atom. The molecule has 3 rings (SSSR count). The molecule has 0 unspecified atom stereocenters. The quantitative estimate of drug-likeness (QED) is 0.819. The van der Waals surface area contributed by atoms with Crippen LogP contribution in [0.15, 0.2) is 22.9 Å². The van der Waals surface area contributed by atoms with E-state index in [1.807, 2.05) is 36.3 Å². The molecule has 0 aliphatic carbocycles. The van der Waals surface area contributed by atoms with Gasteiger partial charge in [0, 0.05) is 43.3 Å². The van der Waals surface area contributed by atoms with Gasteiger partial charge in [-0.1, -0.05) is 19.9 Å². The fraction of sp³-hybridized carbons (Fsp3) is 0.526. The molecular weight excluding hydrogens is 366 g/mol. The summed E-state index contributed by atoms with van der Waals surface area (Å²) in [5.74, 6) is 0.542. The normalized spacial score (nSPS) is 17.5. The lowest BCUT2D eigenvalue weighted by atomic mass is 9.98. The molecule has 1 aliphatic heterocycles. The van der Waals surface area contributed by atoms with Crippen molar-refractivity contribution < 1.29 is 9.59 Å². The van der Waals surface area contributed by atoms with Gasteiger partial charge in [0.05, 0.1) is 15.6 Å². The van der Waals surface area contributed by atoms with Crippen LogP contribution in [0.4, 0.5) is 0 Å². The van der Waals surface area contributed by atoms with Gasteiger partial charge in [-0.05, 0) is 24.3 Å². The summed E-state index contributed by atoms with van der Waals surface area (Å²) in [5.41, 5.74) is 1.02. The molecule has 2 aromatic rings. The molecule has 0 saturated carbocycles. The third-order valence-corrected chi connectivity index (χ3v) is 6.48. The summed E-state index contributed by atoms with van der Waals surface area (Å²) in [6.07, 6.45) is 2.84. The second-order valence-corrected chi connectivity index (χ2v) is 8.78. The van der Waals surface area contributed by atoms with Gasteiger partial charge >= 0.3 is 0 Å². The smallest absolute Gasteiger partial charge is 0.263 e. The summed E-state index contributed by atoms with van der Waals surface area (Å²) in [4.78, 5) is 31.7. The Morgan fingerprint density at radius 1 is 1.38 bits per heavy atom. The van der Waals surface area contributed by atoms with Crippen molar-refractivity contribution in [3.8, 4) is 0 Å². The largest absolute Gasteiger partial charge is 0.355 e. The summed E-state index contributed by atoms with van der Waals surface area (Å²) in [5, 5.41) is 8.07. The highest BCUT2D eigenvalue weighted by atomic mass is 32.1. The fourth-order valence-corrected chi connectivity index (χ4v) is 4.74. The van der Waals surface area contributed by atoms with E-state index < -0.39 is 0 Å². The Labute approximate surface area is 162 Å². The van der Waals surface area contributed by atoms with Gasteiger partial charge in [0.25, 0.3) is 5.91 Å². The van der Waals surface area contributed by atoms with Crippen LogP contribution in [0.25, 0.3) is 0 Å². The first-order valence-electron chi connectivity index (χ1n) is 9.09. The first-order valence-corrected chi connectivity index (χ1v) is 10.9. The van der Waals surface area contributed by atoms with Gasteiger partial charge < -0.3 is 10.2 Å². The molecule has 0 aromatic carbocycles. The third-order valence-electron chi connectivity index (χ3n) is 4.56. The molecule has 1 saturated heterocycles. The zero-order valence-corrected chi connectivity index (χ0v) is 16.9.